The Hall–Kier alpha value is -2.66. The first-order valence-electron chi connectivity index (χ1n) is 10.8. The van der Waals surface area contributed by atoms with Gasteiger partial charge in [-0.2, -0.15) is 0 Å². The van der Waals surface area contributed by atoms with Crippen molar-refractivity contribution in [3.8, 4) is 0 Å². The Bertz CT molecular complexity index is 1020. The van der Waals surface area contributed by atoms with Crippen LogP contribution in [-0.2, 0) is 28.7 Å². The summed E-state index contributed by atoms with van der Waals surface area (Å²) in [7, 11) is 0. The van der Waals surface area contributed by atoms with Crippen molar-refractivity contribution in [2.75, 3.05) is 18.5 Å². The second-order valence-electron chi connectivity index (χ2n) is 7.49. The van der Waals surface area contributed by atoms with Gasteiger partial charge in [-0.25, -0.2) is 4.98 Å². The molecule has 2 aromatic rings. The van der Waals surface area contributed by atoms with Gasteiger partial charge in [-0.05, 0) is 44.9 Å². The van der Waals surface area contributed by atoms with E-state index in [1.54, 1.807) is 32.0 Å². The van der Waals surface area contributed by atoms with Crippen LogP contribution in [0, 0.1) is 11.8 Å². The smallest absolute Gasteiger partial charge is 0.331 e. The number of carboxylic acids is 1. The number of thiazole rings is 1. The minimum atomic E-state index is -1.18. The van der Waals surface area contributed by atoms with Gasteiger partial charge in [0.25, 0.3) is 0 Å². The number of carbonyl (C=O) groups excluding carboxylic acids is 3. The number of thioether (sulfide) groups is 1. The molecule has 3 rings (SSSR count). The van der Waals surface area contributed by atoms with Crippen LogP contribution in [0.1, 0.15) is 39.5 Å². The standard InChI is InChI=1S/C22H26N2O7S2/c1-3-30-20(28)17(21(29)31-4-2)33-22-24-15-10-9-12(11-16(15)32-22)23-18(25)13-7-5-6-8-14(13)19(26)27/h9-11,13-14,17H,3-8H2,1-2H3,(H,23,25)(H,26,27)/t13-,14+/m0/s1. The molecule has 1 fully saturated rings. The molecule has 1 aliphatic carbocycles. The first-order chi connectivity index (χ1) is 15.8. The molecule has 178 valence electrons. The molecule has 2 atom stereocenters. The summed E-state index contributed by atoms with van der Waals surface area (Å²) in [5.41, 5.74) is 1.18. The molecular weight excluding hydrogens is 468 g/mol. The molecule has 0 bridgehead atoms. The Labute approximate surface area is 199 Å². The number of benzene rings is 1. The summed E-state index contributed by atoms with van der Waals surface area (Å²) in [6.45, 7) is 3.60. The molecule has 1 aliphatic rings. The second-order valence-corrected chi connectivity index (χ2v) is 9.87. The fraction of sp³-hybridized carbons (Fsp3) is 0.500. The van der Waals surface area contributed by atoms with Crippen molar-refractivity contribution in [3.05, 3.63) is 18.2 Å². The molecule has 1 aromatic heterocycles. The fourth-order valence-electron chi connectivity index (χ4n) is 3.74. The number of hydrogen-bond donors (Lipinski definition) is 2. The highest BCUT2D eigenvalue weighted by Crippen LogP contribution is 2.35. The molecule has 11 heteroatoms. The average molecular weight is 495 g/mol. The summed E-state index contributed by atoms with van der Waals surface area (Å²) in [6.07, 6.45) is 2.70. The minimum absolute atomic E-state index is 0.141. The number of rotatable bonds is 9. The lowest BCUT2D eigenvalue weighted by atomic mass is 9.78. The predicted octanol–water partition coefficient (Wildman–Crippen LogP) is 3.71. The maximum absolute atomic E-state index is 12.7. The minimum Gasteiger partial charge on any atom is -0.481 e. The Kier molecular flexibility index (Phi) is 8.67. The van der Waals surface area contributed by atoms with Crippen molar-refractivity contribution in [2.24, 2.45) is 11.8 Å². The van der Waals surface area contributed by atoms with Gasteiger partial charge in [-0.1, -0.05) is 24.6 Å². The Morgan fingerprint density at radius 1 is 1.12 bits per heavy atom. The van der Waals surface area contributed by atoms with Crippen LogP contribution in [-0.4, -0.2) is 52.4 Å². The zero-order valence-corrected chi connectivity index (χ0v) is 20.0. The highest BCUT2D eigenvalue weighted by molar-refractivity contribution is 8.03. The first kappa shape index (κ1) is 25.0. The van der Waals surface area contributed by atoms with Crippen LogP contribution in [0.2, 0.25) is 0 Å². The van der Waals surface area contributed by atoms with Gasteiger partial charge in [0.2, 0.25) is 11.2 Å². The molecule has 2 N–H and O–H groups in total. The Balaban J connectivity index is 1.75. The summed E-state index contributed by atoms with van der Waals surface area (Å²) in [4.78, 5) is 53.2. The van der Waals surface area contributed by atoms with Gasteiger partial charge < -0.3 is 19.9 Å². The van der Waals surface area contributed by atoms with Crippen molar-refractivity contribution >= 4 is 62.8 Å². The number of nitrogens with one attached hydrogen (secondary N) is 1. The van der Waals surface area contributed by atoms with E-state index in [-0.39, 0.29) is 19.1 Å². The lowest BCUT2D eigenvalue weighted by Crippen LogP contribution is -2.36. The zero-order chi connectivity index (χ0) is 24.0. The van der Waals surface area contributed by atoms with Crippen LogP contribution in [0.4, 0.5) is 5.69 Å². The molecule has 1 amide bonds. The molecule has 0 spiro atoms. The highest BCUT2D eigenvalue weighted by Gasteiger charge is 2.36. The second kappa shape index (κ2) is 11.5. The Morgan fingerprint density at radius 3 is 2.36 bits per heavy atom. The van der Waals surface area contributed by atoms with Crippen LogP contribution >= 0.6 is 23.1 Å². The normalized spacial score (nSPS) is 18.2. The number of nitrogens with zero attached hydrogens (tertiary/aromatic N) is 1. The molecular formula is C22H26N2O7S2. The molecule has 0 saturated heterocycles. The van der Waals surface area contributed by atoms with Crippen molar-refractivity contribution in [1.29, 1.82) is 0 Å². The van der Waals surface area contributed by atoms with E-state index in [1.165, 1.54) is 11.3 Å². The maximum Gasteiger partial charge on any atom is 0.331 e. The zero-order valence-electron chi connectivity index (χ0n) is 18.4. The van der Waals surface area contributed by atoms with Crippen molar-refractivity contribution in [2.45, 2.75) is 49.1 Å². The van der Waals surface area contributed by atoms with Gasteiger partial charge in [0.1, 0.15) is 0 Å². The molecule has 33 heavy (non-hydrogen) atoms. The third-order valence-electron chi connectivity index (χ3n) is 5.28. The van der Waals surface area contributed by atoms with Gasteiger partial charge in [0.05, 0.1) is 35.3 Å². The SMILES string of the molecule is CCOC(=O)C(Sc1nc2ccc(NC(=O)[C@H]3CCCC[C@H]3C(=O)O)cc2s1)C(=O)OCC. The van der Waals surface area contributed by atoms with Crippen LogP contribution in [0.25, 0.3) is 10.2 Å². The first-order valence-corrected chi connectivity index (χ1v) is 12.5. The molecule has 0 aliphatic heterocycles. The van der Waals surface area contributed by atoms with Crippen molar-refractivity contribution in [1.82, 2.24) is 4.98 Å². The summed E-state index contributed by atoms with van der Waals surface area (Å²) < 4.78 is 11.2. The van der Waals surface area contributed by atoms with Crippen molar-refractivity contribution < 1.29 is 33.8 Å². The monoisotopic (exact) mass is 494 g/mol. The molecule has 1 aromatic carbocycles. The van der Waals surface area contributed by atoms with E-state index in [2.05, 4.69) is 10.3 Å². The van der Waals surface area contributed by atoms with Crippen LogP contribution < -0.4 is 5.32 Å². The Morgan fingerprint density at radius 2 is 1.76 bits per heavy atom. The van der Waals surface area contributed by atoms with E-state index in [0.717, 1.165) is 29.3 Å². The maximum atomic E-state index is 12.7. The number of aromatic nitrogens is 1. The summed E-state index contributed by atoms with van der Waals surface area (Å²) >= 11 is 2.23. The van der Waals surface area contributed by atoms with Crippen LogP contribution in [0.5, 0.6) is 0 Å². The number of carbonyl (C=O) groups is 4. The van der Waals surface area contributed by atoms with E-state index < -0.39 is 35.0 Å². The summed E-state index contributed by atoms with van der Waals surface area (Å²) in [6, 6.07) is 5.17. The number of ether oxygens (including phenoxy) is 2. The summed E-state index contributed by atoms with van der Waals surface area (Å²) in [5, 5.41) is 11.1. The number of esters is 2. The summed E-state index contributed by atoms with van der Waals surface area (Å²) in [5.74, 6) is -3.84. The number of amides is 1. The lowest BCUT2D eigenvalue weighted by Gasteiger charge is -2.27. The van der Waals surface area contributed by atoms with E-state index in [4.69, 9.17) is 9.47 Å². The largest absolute Gasteiger partial charge is 0.481 e. The van der Waals surface area contributed by atoms with Gasteiger partial charge in [0, 0.05) is 5.69 Å². The lowest BCUT2D eigenvalue weighted by molar-refractivity contribution is -0.153. The van der Waals surface area contributed by atoms with E-state index in [1.807, 2.05) is 0 Å². The van der Waals surface area contributed by atoms with Crippen molar-refractivity contribution in [3.63, 3.8) is 0 Å². The van der Waals surface area contributed by atoms with Crippen LogP contribution in [0.15, 0.2) is 22.5 Å². The third kappa shape index (κ3) is 6.23. The molecule has 0 radical (unpaired) electrons. The van der Waals surface area contributed by atoms with Gasteiger partial charge >= 0.3 is 17.9 Å². The van der Waals surface area contributed by atoms with Gasteiger partial charge in [0.15, 0.2) is 4.34 Å². The number of fused-ring (bicyclic) bond motifs is 1. The van der Waals surface area contributed by atoms with Crippen LogP contribution in [0.3, 0.4) is 0 Å². The van der Waals surface area contributed by atoms with E-state index in [0.29, 0.717) is 28.4 Å². The highest BCUT2D eigenvalue weighted by atomic mass is 32.2. The number of aliphatic carboxylic acids is 1. The third-order valence-corrected chi connectivity index (χ3v) is 7.54. The number of carboxylic acid groups (broad SMARTS) is 1. The predicted molar refractivity (Wildman–Crippen MR) is 124 cm³/mol. The number of anilines is 1. The fourth-order valence-corrected chi connectivity index (χ4v) is 5.90. The van der Waals surface area contributed by atoms with Gasteiger partial charge in [-0.3, -0.25) is 19.2 Å². The average Bonchev–Trinajstić information content (AvgIpc) is 3.19. The van der Waals surface area contributed by atoms with E-state index >= 15 is 0 Å². The molecule has 9 nitrogen and oxygen atoms in total. The molecule has 0 unspecified atom stereocenters. The molecule has 1 saturated carbocycles. The molecule has 1 heterocycles. The quantitative estimate of drug-likeness (QED) is 0.304. The van der Waals surface area contributed by atoms with E-state index in [9.17, 15) is 24.3 Å². The number of hydrogen-bond acceptors (Lipinski definition) is 9. The topological polar surface area (TPSA) is 132 Å². The van der Waals surface area contributed by atoms with Gasteiger partial charge in [-0.15, -0.1) is 11.3 Å².